The molecular formula is C25H26FN5O4S. The number of carbonyl (C=O) groups excluding carboxylic acids is 3. The highest BCUT2D eigenvalue weighted by Gasteiger charge is 2.16. The Hall–Kier alpha value is -3.99. The zero-order valence-corrected chi connectivity index (χ0v) is 20.5. The minimum atomic E-state index is -0.589. The molecule has 2 amide bonds. The SMILES string of the molecule is C=CCn1c(CCNC(=O)c2ccccc2F)nnc1SCC(=O)Nc1cccc(C(=O)OCC)c1. The van der Waals surface area contributed by atoms with E-state index in [-0.39, 0.29) is 30.4 Å². The average Bonchev–Trinajstić information content (AvgIpc) is 3.25. The van der Waals surface area contributed by atoms with Gasteiger partial charge in [0.25, 0.3) is 5.91 Å². The molecule has 0 atom stereocenters. The zero-order chi connectivity index (χ0) is 25.9. The third kappa shape index (κ3) is 7.25. The highest BCUT2D eigenvalue weighted by Crippen LogP contribution is 2.19. The van der Waals surface area contributed by atoms with Gasteiger partial charge in [0.05, 0.1) is 23.5 Å². The normalized spacial score (nSPS) is 10.5. The lowest BCUT2D eigenvalue weighted by atomic mass is 10.2. The first-order valence-electron chi connectivity index (χ1n) is 11.2. The number of allylic oxidation sites excluding steroid dienone is 1. The first kappa shape index (κ1) is 26.6. The summed E-state index contributed by atoms with van der Waals surface area (Å²) >= 11 is 1.19. The second-order valence-corrected chi connectivity index (χ2v) is 8.36. The summed E-state index contributed by atoms with van der Waals surface area (Å²) in [6, 6.07) is 12.3. The van der Waals surface area contributed by atoms with E-state index in [1.54, 1.807) is 47.9 Å². The van der Waals surface area contributed by atoms with Gasteiger partial charge in [0.2, 0.25) is 5.91 Å². The molecule has 0 aliphatic heterocycles. The summed E-state index contributed by atoms with van der Waals surface area (Å²) < 4.78 is 20.5. The van der Waals surface area contributed by atoms with E-state index in [0.717, 1.165) is 0 Å². The van der Waals surface area contributed by atoms with E-state index in [0.29, 0.717) is 35.2 Å². The van der Waals surface area contributed by atoms with Gasteiger partial charge in [0.1, 0.15) is 11.6 Å². The van der Waals surface area contributed by atoms with Crippen LogP contribution in [0.5, 0.6) is 0 Å². The molecule has 1 heterocycles. The van der Waals surface area contributed by atoms with Crippen LogP contribution < -0.4 is 10.6 Å². The van der Waals surface area contributed by atoms with Crippen molar-refractivity contribution in [3.05, 3.63) is 84.0 Å². The van der Waals surface area contributed by atoms with Crippen LogP contribution in [-0.4, -0.2) is 51.5 Å². The number of anilines is 1. The van der Waals surface area contributed by atoms with Gasteiger partial charge in [-0.25, -0.2) is 9.18 Å². The Balaban J connectivity index is 1.56. The number of esters is 1. The number of ether oxygens (including phenoxy) is 1. The largest absolute Gasteiger partial charge is 0.462 e. The third-order valence-corrected chi connectivity index (χ3v) is 5.81. The van der Waals surface area contributed by atoms with Crippen LogP contribution in [0.2, 0.25) is 0 Å². The standard InChI is InChI=1S/C25H26FN5O4S/c1-3-14-31-21(12-13-27-23(33)19-10-5-6-11-20(19)26)29-30-25(31)36-16-22(32)28-18-9-7-8-17(15-18)24(34)35-4-2/h3,5-11,15H,1,4,12-14,16H2,2H3,(H,27,33)(H,28,32). The van der Waals surface area contributed by atoms with E-state index in [9.17, 15) is 18.8 Å². The predicted octanol–water partition coefficient (Wildman–Crippen LogP) is 3.48. The number of halogens is 1. The van der Waals surface area contributed by atoms with Crippen molar-refractivity contribution in [2.24, 2.45) is 0 Å². The van der Waals surface area contributed by atoms with Crippen molar-refractivity contribution in [2.75, 3.05) is 24.2 Å². The van der Waals surface area contributed by atoms with Gasteiger partial charge >= 0.3 is 5.97 Å². The molecule has 11 heteroatoms. The number of carbonyl (C=O) groups is 3. The molecule has 9 nitrogen and oxygen atoms in total. The van der Waals surface area contributed by atoms with Crippen LogP contribution in [0.1, 0.15) is 33.5 Å². The van der Waals surface area contributed by atoms with Crippen LogP contribution in [0.25, 0.3) is 0 Å². The first-order valence-corrected chi connectivity index (χ1v) is 12.2. The Bertz CT molecular complexity index is 1250. The lowest BCUT2D eigenvalue weighted by Gasteiger charge is -2.09. The summed E-state index contributed by atoms with van der Waals surface area (Å²) in [6.45, 7) is 6.37. The smallest absolute Gasteiger partial charge is 0.338 e. The molecule has 2 N–H and O–H groups in total. The fourth-order valence-electron chi connectivity index (χ4n) is 3.22. The van der Waals surface area contributed by atoms with E-state index >= 15 is 0 Å². The van der Waals surface area contributed by atoms with Crippen molar-refractivity contribution in [3.8, 4) is 0 Å². The molecule has 0 fully saturated rings. The second-order valence-electron chi connectivity index (χ2n) is 7.42. The van der Waals surface area contributed by atoms with E-state index in [4.69, 9.17) is 4.74 Å². The maximum atomic E-state index is 13.8. The molecule has 0 saturated carbocycles. The van der Waals surface area contributed by atoms with E-state index in [1.165, 1.54) is 30.0 Å². The number of thioether (sulfide) groups is 1. The number of nitrogens with zero attached hydrogens (tertiary/aromatic N) is 3. The maximum absolute atomic E-state index is 13.8. The second kappa shape index (κ2) is 13.2. The van der Waals surface area contributed by atoms with Crippen molar-refractivity contribution in [1.29, 1.82) is 0 Å². The van der Waals surface area contributed by atoms with Crippen LogP contribution in [0.3, 0.4) is 0 Å². The van der Waals surface area contributed by atoms with Gasteiger partial charge < -0.3 is 19.9 Å². The van der Waals surface area contributed by atoms with Crippen molar-refractivity contribution in [3.63, 3.8) is 0 Å². The van der Waals surface area contributed by atoms with Crippen LogP contribution in [0, 0.1) is 5.82 Å². The summed E-state index contributed by atoms with van der Waals surface area (Å²) in [6.07, 6.45) is 2.03. The fourth-order valence-corrected chi connectivity index (χ4v) is 3.98. The Kier molecular flexibility index (Phi) is 9.75. The van der Waals surface area contributed by atoms with Crippen LogP contribution in [0.4, 0.5) is 10.1 Å². The molecule has 3 aromatic rings. The molecule has 0 saturated heterocycles. The number of hydrogen-bond donors (Lipinski definition) is 2. The molecule has 36 heavy (non-hydrogen) atoms. The Labute approximate surface area is 212 Å². The van der Waals surface area contributed by atoms with Crippen molar-refractivity contribution >= 4 is 35.2 Å². The molecule has 0 aliphatic rings. The summed E-state index contributed by atoms with van der Waals surface area (Å²) in [5, 5.41) is 14.3. The summed E-state index contributed by atoms with van der Waals surface area (Å²) in [5.74, 6) is -1.20. The molecule has 0 bridgehead atoms. The summed E-state index contributed by atoms with van der Waals surface area (Å²) in [5.41, 5.74) is 0.796. The highest BCUT2D eigenvalue weighted by atomic mass is 32.2. The van der Waals surface area contributed by atoms with Gasteiger partial charge in [-0.15, -0.1) is 16.8 Å². The number of amides is 2. The summed E-state index contributed by atoms with van der Waals surface area (Å²) in [4.78, 5) is 36.6. The number of nitrogens with one attached hydrogen (secondary N) is 2. The Morgan fingerprint density at radius 1 is 1.17 bits per heavy atom. The van der Waals surface area contributed by atoms with Crippen molar-refractivity contribution in [1.82, 2.24) is 20.1 Å². The minimum absolute atomic E-state index is 0.0277. The van der Waals surface area contributed by atoms with Gasteiger partial charge in [-0.2, -0.15) is 0 Å². The predicted molar refractivity (Wildman–Crippen MR) is 134 cm³/mol. The quantitative estimate of drug-likeness (QED) is 0.217. The van der Waals surface area contributed by atoms with Gasteiger partial charge in [-0.1, -0.05) is 36.0 Å². The number of aromatic nitrogens is 3. The monoisotopic (exact) mass is 511 g/mol. The first-order chi connectivity index (χ1) is 17.4. The van der Waals surface area contributed by atoms with E-state index in [2.05, 4.69) is 27.4 Å². The van der Waals surface area contributed by atoms with Crippen LogP contribution in [-0.2, 0) is 22.5 Å². The molecule has 0 unspecified atom stereocenters. The summed E-state index contributed by atoms with van der Waals surface area (Å²) in [7, 11) is 0. The Morgan fingerprint density at radius 2 is 1.97 bits per heavy atom. The lowest BCUT2D eigenvalue weighted by Crippen LogP contribution is -2.27. The fraction of sp³-hybridized carbons (Fsp3) is 0.240. The van der Waals surface area contributed by atoms with Gasteiger partial charge in [-0.05, 0) is 37.3 Å². The zero-order valence-electron chi connectivity index (χ0n) is 19.7. The molecule has 2 aromatic carbocycles. The average molecular weight is 512 g/mol. The van der Waals surface area contributed by atoms with Gasteiger partial charge in [0.15, 0.2) is 5.16 Å². The minimum Gasteiger partial charge on any atom is -0.462 e. The molecule has 0 spiro atoms. The van der Waals surface area contributed by atoms with Crippen molar-refractivity contribution in [2.45, 2.75) is 25.0 Å². The van der Waals surface area contributed by atoms with E-state index in [1.807, 2.05) is 0 Å². The Morgan fingerprint density at radius 3 is 2.72 bits per heavy atom. The molecule has 0 radical (unpaired) electrons. The molecule has 188 valence electrons. The van der Waals surface area contributed by atoms with Crippen molar-refractivity contribution < 1.29 is 23.5 Å². The van der Waals surface area contributed by atoms with Crippen LogP contribution in [0.15, 0.2) is 66.3 Å². The lowest BCUT2D eigenvalue weighted by molar-refractivity contribution is -0.113. The number of hydrogen-bond acceptors (Lipinski definition) is 7. The van der Waals surface area contributed by atoms with Crippen LogP contribution >= 0.6 is 11.8 Å². The maximum Gasteiger partial charge on any atom is 0.338 e. The van der Waals surface area contributed by atoms with E-state index < -0.39 is 17.7 Å². The topological polar surface area (TPSA) is 115 Å². The molecular weight excluding hydrogens is 485 g/mol. The molecule has 1 aromatic heterocycles. The van der Waals surface area contributed by atoms with Gasteiger partial charge in [-0.3, -0.25) is 9.59 Å². The third-order valence-electron chi connectivity index (χ3n) is 4.85. The number of benzene rings is 2. The number of rotatable bonds is 12. The highest BCUT2D eigenvalue weighted by molar-refractivity contribution is 7.99. The molecule has 0 aliphatic carbocycles. The molecule has 3 rings (SSSR count). The van der Waals surface area contributed by atoms with Gasteiger partial charge in [0, 0.05) is 25.2 Å².